The van der Waals surface area contributed by atoms with Crippen molar-refractivity contribution in [1.82, 2.24) is 9.97 Å². The van der Waals surface area contributed by atoms with Gasteiger partial charge in [0.15, 0.2) is 5.82 Å². The SMILES string of the molecule is O=C(Nc1cc(F)cc(F)c1)C1CCCN(c2ccnc(-c3ccc(F)cc3)n2)C1. The summed E-state index contributed by atoms with van der Waals surface area (Å²) in [7, 11) is 0. The van der Waals surface area contributed by atoms with Crippen LogP contribution in [-0.2, 0) is 4.79 Å². The van der Waals surface area contributed by atoms with E-state index < -0.39 is 11.6 Å². The molecule has 0 radical (unpaired) electrons. The van der Waals surface area contributed by atoms with E-state index in [1.165, 1.54) is 12.1 Å². The van der Waals surface area contributed by atoms with Crippen LogP contribution in [0.4, 0.5) is 24.7 Å². The van der Waals surface area contributed by atoms with E-state index in [2.05, 4.69) is 15.3 Å². The zero-order valence-corrected chi connectivity index (χ0v) is 16.0. The number of piperidine rings is 1. The summed E-state index contributed by atoms with van der Waals surface area (Å²) in [5.41, 5.74) is 0.785. The Bertz CT molecular complexity index is 1040. The lowest BCUT2D eigenvalue weighted by Crippen LogP contribution is -2.41. The number of aromatic nitrogens is 2. The first-order valence-electron chi connectivity index (χ1n) is 9.59. The largest absolute Gasteiger partial charge is 0.356 e. The summed E-state index contributed by atoms with van der Waals surface area (Å²) in [6, 6.07) is 10.6. The summed E-state index contributed by atoms with van der Waals surface area (Å²) in [6.45, 7) is 1.14. The first-order valence-corrected chi connectivity index (χ1v) is 9.59. The van der Waals surface area contributed by atoms with Crippen LogP contribution >= 0.6 is 0 Å². The molecular formula is C22H19F3N4O. The first kappa shape index (κ1) is 19.9. The zero-order chi connectivity index (χ0) is 21.1. The van der Waals surface area contributed by atoms with Crippen LogP contribution < -0.4 is 10.2 Å². The van der Waals surface area contributed by atoms with E-state index in [9.17, 15) is 18.0 Å². The maximum absolute atomic E-state index is 13.4. The van der Waals surface area contributed by atoms with Crippen molar-refractivity contribution >= 4 is 17.4 Å². The molecule has 8 heteroatoms. The molecule has 1 aliphatic rings. The van der Waals surface area contributed by atoms with Crippen LogP contribution in [0.1, 0.15) is 12.8 Å². The van der Waals surface area contributed by atoms with Gasteiger partial charge in [-0.2, -0.15) is 0 Å². The summed E-state index contributed by atoms with van der Waals surface area (Å²) in [4.78, 5) is 23.4. The van der Waals surface area contributed by atoms with Crippen LogP contribution in [0.2, 0.25) is 0 Å². The van der Waals surface area contributed by atoms with E-state index in [-0.39, 0.29) is 23.3 Å². The average molecular weight is 412 g/mol. The number of nitrogens with zero attached hydrogens (tertiary/aromatic N) is 3. The highest BCUT2D eigenvalue weighted by atomic mass is 19.1. The van der Waals surface area contributed by atoms with E-state index in [1.807, 2.05) is 4.90 Å². The third-order valence-electron chi connectivity index (χ3n) is 4.99. The van der Waals surface area contributed by atoms with Crippen molar-refractivity contribution in [2.45, 2.75) is 12.8 Å². The minimum absolute atomic E-state index is 0.0928. The number of halogens is 3. The van der Waals surface area contributed by atoms with Gasteiger partial charge in [0.1, 0.15) is 23.3 Å². The van der Waals surface area contributed by atoms with Crippen molar-refractivity contribution in [3.05, 3.63) is 72.2 Å². The molecule has 3 aromatic rings. The van der Waals surface area contributed by atoms with Gasteiger partial charge in [0.05, 0.1) is 5.92 Å². The highest BCUT2D eigenvalue weighted by Gasteiger charge is 2.27. The summed E-state index contributed by atoms with van der Waals surface area (Å²) in [6.07, 6.45) is 3.06. The molecule has 1 atom stereocenters. The van der Waals surface area contributed by atoms with Crippen molar-refractivity contribution in [2.24, 2.45) is 5.92 Å². The zero-order valence-electron chi connectivity index (χ0n) is 16.0. The Hall–Kier alpha value is -3.42. The molecule has 0 saturated carbocycles. The lowest BCUT2D eigenvalue weighted by Gasteiger charge is -2.33. The molecule has 0 bridgehead atoms. The smallest absolute Gasteiger partial charge is 0.229 e. The van der Waals surface area contributed by atoms with Gasteiger partial charge in [0.2, 0.25) is 5.91 Å². The number of benzene rings is 2. The van der Waals surface area contributed by atoms with Gasteiger partial charge in [-0.1, -0.05) is 0 Å². The molecule has 5 nitrogen and oxygen atoms in total. The van der Waals surface area contributed by atoms with Crippen LogP contribution in [-0.4, -0.2) is 29.0 Å². The monoisotopic (exact) mass is 412 g/mol. The highest BCUT2D eigenvalue weighted by molar-refractivity contribution is 5.93. The van der Waals surface area contributed by atoms with Crippen LogP contribution in [0.5, 0.6) is 0 Å². The minimum atomic E-state index is -0.745. The number of nitrogens with one attached hydrogen (secondary N) is 1. The van der Waals surface area contributed by atoms with Crippen LogP contribution in [0, 0.1) is 23.4 Å². The molecule has 1 N–H and O–H groups in total. The van der Waals surface area contributed by atoms with Gasteiger partial charge in [0.25, 0.3) is 0 Å². The highest BCUT2D eigenvalue weighted by Crippen LogP contribution is 2.25. The van der Waals surface area contributed by atoms with Gasteiger partial charge in [-0.25, -0.2) is 23.1 Å². The van der Waals surface area contributed by atoms with Gasteiger partial charge >= 0.3 is 0 Å². The predicted octanol–water partition coefficient (Wildman–Crippen LogP) is 4.42. The fraction of sp³-hybridized carbons (Fsp3) is 0.227. The molecule has 2 heterocycles. The van der Waals surface area contributed by atoms with E-state index in [1.54, 1.807) is 24.4 Å². The number of carbonyl (C=O) groups is 1. The van der Waals surface area contributed by atoms with E-state index in [0.29, 0.717) is 30.2 Å². The molecule has 154 valence electrons. The van der Waals surface area contributed by atoms with Gasteiger partial charge in [-0.05, 0) is 55.3 Å². The first-order chi connectivity index (χ1) is 14.5. The fourth-order valence-corrected chi connectivity index (χ4v) is 3.53. The third-order valence-corrected chi connectivity index (χ3v) is 4.99. The Morgan fingerprint density at radius 1 is 1.00 bits per heavy atom. The summed E-state index contributed by atoms with van der Waals surface area (Å²) >= 11 is 0. The molecule has 4 rings (SSSR count). The van der Waals surface area contributed by atoms with Crippen LogP contribution in [0.3, 0.4) is 0 Å². The Morgan fingerprint density at radius 3 is 2.47 bits per heavy atom. The molecule has 1 saturated heterocycles. The molecule has 2 aromatic carbocycles. The third kappa shape index (κ3) is 4.59. The quantitative estimate of drug-likeness (QED) is 0.690. The molecule has 1 amide bonds. The second-order valence-corrected chi connectivity index (χ2v) is 7.18. The number of anilines is 2. The average Bonchev–Trinajstić information content (AvgIpc) is 2.74. The van der Waals surface area contributed by atoms with E-state index in [4.69, 9.17) is 0 Å². The van der Waals surface area contributed by atoms with Crippen molar-refractivity contribution in [2.75, 3.05) is 23.3 Å². The summed E-state index contributed by atoms with van der Waals surface area (Å²) in [5.74, 6) is -1.34. The van der Waals surface area contributed by atoms with Crippen LogP contribution in [0.15, 0.2) is 54.7 Å². The topological polar surface area (TPSA) is 58.1 Å². The molecule has 0 spiro atoms. The van der Waals surface area contributed by atoms with Crippen molar-refractivity contribution in [3.63, 3.8) is 0 Å². The molecule has 0 aliphatic carbocycles. The molecule has 1 fully saturated rings. The lowest BCUT2D eigenvalue weighted by atomic mass is 9.97. The second kappa shape index (κ2) is 8.52. The fourth-order valence-electron chi connectivity index (χ4n) is 3.53. The minimum Gasteiger partial charge on any atom is -0.356 e. The Balaban J connectivity index is 1.48. The van der Waals surface area contributed by atoms with Gasteiger partial charge in [-0.15, -0.1) is 0 Å². The van der Waals surface area contributed by atoms with E-state index in [0.717, 1.165) is 31.2 Å². The molecule has 1 aromatic heterocycles. The standard InChI is InChI=1S/C22H19F3N4O/c23-16-5-3-14(4-6-16)21-26-8-7-20(28-21)29-9-1-2-15(13-29)22(30)27-19-11-17(24)10-18(25)12-19/h3-8,10-12,15H,1-2,9,13H2,(H,27,30). The second-order valence-electron chi connectivity index (χ2n) is 7.18. The Kier molecular flexibility index (Phi) is 5.65. The van der Waals surface area contributed by atoms with Crippen LogP contribution in [0.25, 0.3) is 11.4 Å². The molecule has 1 unspecified atom stereocenters. The van der Waals surface area contributed by atoms with Gasteiger partial charge < -0.3 is 10.2 Å². The van der Waals surface area contributed by atoms with E-state index >= 15 is 0 Å². The number of amides is 1. The Morgan fingerprint density at radius 2 is 1.73 bits per heavy atom. The molecule has 30 heavy (non-hydrogen) atoms. The Labute approximate surface area is 171 Å². The van der Waals surface area contributed by atoms with Crippen molar-refractivity contribution in [1.29, 1.82) is 0 Å². The number of carbonyl (C=O) groups excluding carboxylic acids is 1. The summed E-state index contributed by atoms with van der Waals surface area (Å²) < 4.78 is 39.9. The number of rotatable bonds is 4. The summed E-state index contributed by atoms with van der Waals surface area (Å²) in [5, 5.41) is 2.59. The predicted molar refractivity (Wildman–Crippen MR) is 107 cm³/mol. The van der Waals surface area contributed by atoms with Crippen molar-refractivity contribution in [3.8, 4) is 11.4 Å². The molecule has 1 aliphatic heterocycles. The maximum Gasteiger partial charge on any atom is 0.229 e. The van der Waals surface area contributed by atoms with Crippen molar-refractivity contribution < 1.29 is 18.0 Å². The number of hydrogen-bond donors (Lipinski definition) is 1. The van der Waals surface area contributed by atoms with Gasteiger partial charge in [-0.3, -0.25) is 4.79 Å². The normalized spacial score (nSPS) is 16.4. The maximum atomic E-state index is 13.4. The lowest BCUT2D eigenvalue weighted by molar-refractivity contribution is -0.120. The van der Waals surface area contributed by atoms with Gasteiger partial charge in [0, 0.05) is 36.6 Å². The molecular weight excluding hydrogens is 393 g/mol. The number of hydrogen-bond acceptors (Lipinski definition) is 4.